The number of esters is 1. The van der Waals surface area contributed by atoms with Crippen molar-refractivity contribution in [1.29, 1.82) is 0 Å². The van der Waals surface area contributed by atoms with E-state index in [2.05, 4.69) is 4.74 Å². The molecule has 0 fully saturated rings. The molecule has 0 bridgehead atoms. The van der Waals surface area contributed by atoms with Crippen LogP contribution in [0.2, 0.25) is 0 Å². The first kappa shape index (κ1) is 15.3. The molecule has 0 aliphatic heterocycles. The summed E-state index contributed by atoms with van der Waals surface area (Å²) in [6.07, 6.45) is 0. The van der Waals surface area contributed by atoms with Gasteiger partial charge in [-0.05, 0) is 27.7 Å². The van der Waals surface area contributed by atoms with E-state index in [0.717, 1.165) is 0 Å². The number of hydrogen-bond acceptors (Lipinski definition) is 5. The molecular formula is C11H23NO4. The Bertz CT molecular complexity index is 221. The van der Waals surface area contributed by atoms with E-state index < -0.39 is 11.5 Å². The summed E-state index contributed by atoms with van der Waals surface area (Å²) < 4.78 is 15.3. The molecule has 1 unspecified atom stereocenters. The highest BCUT2D eigenvalue weighted by molar-refractivity contribution is 5.80. The van der Waals surface area contributed by atoms with Gasteiger partial charge in [0.05, 0.1) is 32.5 Å². The molecule has 0 aliphatic rings. The van der Waals surface area contributed by atoms with Crippen LogP contribution in [-0.2, 0) is 19.0 Å². The predicted molar refractivity (Wildman–Crippen MR) is 61.1 cm³/mol. The van der Waals surface area contributed by atoms with E-state index in [1.807, 2.05) is 20.8 Å². The highest BCUT2D eigenvalue weighted by Crippen LogP contribution is 2.06. The molecule has 96 valence electrons. The van der Waals surface area contributed by atoms with Gasteiger partial charge in [-0.1, -0.05) is 0 Å². The second-order valence-corrected chi connectivity index (χ2v) is 4.92. The maximum Gasteiger partial charge on any atom is 0.327 e. The average Bonchev–Trinajstić information content (AvgIpc) is 2.14. The molecular weight excluding hydrogens is 210 g/mol. The van der Waals surface area contributed by atoms with Crippen LogP contribution in [0.15, 0.2) is 0 Å². The summed E-state index contributed by atoms with van der Waals surface area (Å²) in [6, 6.07) is 0. The number of nitrogens with two attached hydrogens (primary N) is 1. The fraction of sp³-hybridized carbons (Fsp3) is 0.909. The molecule has 0 aliphatic carbocycles. The molecule has 0 aromatic rings. The molecule has 0 spiro atoms. The first-order valence-electron chi connectivity index (χ1n) is 5.28. The van der Waals surface area contributed by atoms with Crippen molar-refractivity contribution < 1.29 is 19.0 Å². The van der Waals surface area contributed by atoms with Crippen molar-refractivity contribution in [3.8, 4) is 0 Å². The van der Waals surface area contributed by atoms with Gasteiger partial charge in [0.25, 0.3) is 0 Å². The molecule has 0 radical (unpaired) electrons. The van der Waals surface area contributed by atoms with Gasteiger partial charge in [0.15, 0.2) is 0 Å². The molecule has 0 heterocycles. The Kier molecular flexibility index (Phi) is 5.92. The minimum Gasteiger partial charge on any atom is -0.468 e. The van der Waals surface area contributed by atoms with Crippen molar-refractivity contribution in [2.75, 3.05) is 26.9 Å². The third kappa shape index (κ3) is 6.76. The Morgan fingerprint density at radius 1 is 1.19 bits per heavy atom. The standard InChI is InChI=1S/C11H23NO4/c1-10(2,3)16-7-6-15-8-11(4,12)9(13)14-5/h6-8,12H2,1-5H3. The minimum absolute atomic E-state index is 0.118. The SMILES string of the molecule is COC(=O)C(C)(N)COCCOC(C)(C)C. The molecule has 5 nitrogen and oxygen atoms in total. The van der Waals surface area contributed by atoms with Gasteiger partial charge < -0.3 is 19.9 Å². The lowest BCUT2D eigenvalue weighted by molar-refractivity contribution is -0.149. The quantitative estimate of drug-likeness (QED) is 0.540. The molecule has 0 amide bonds. The van der Waals surface area contributed by atoms with Crippen molar-refractivity contribution in [2.45, 2.75) is 38.8 Å². The number of carbonyl (C=O) groups excluding carboxylic acids is 1. The van der Waals surface area contributed by atoms with Gasteiger partial charge in [0, 0.05) is 0 Å². The van der Waals surface area contributed by atoms with Crippen molar-refractivity contribution in [1.82, 2.24) is 0 Å². The molecule has 0 saturated heterocycles. The lowest BCUT2D eigenvalue weighted by atomic mass is 10.1. The molecule has 5 heteroatoms. The zero-order chi connectivity index (χ0) is 12.8. The Hall–Kier alpha value is -0.650. The molecule has 2 N–H and O–H groups in total. The van der Waals surface area contributed by atoms with Crippen molar-refractivity contribution in [2.24, 2.45) is 5.73 Å². The topological polar surface area (TPSA) is 70.8 Å². The number of methoxy groups -OCH3 is 1. The van der Waals surface area contributed by atoms with Crippen molar-refractivity contribution >= 4 is 5.97 Å². The van der Waals surface area contributed by atoms with Gasteiger partial charge in [-0.15, -0.1) is 0 Å². The highest BCUT2D eigenvalue weighted by atomic mass is 16.5. The fourth-order valence-corrected chi connectivity index (χ4v) is 0.983. The summed E-state index contributed by atoms with van der Waals surface area (Å²) in [7, 11) is 1.30. The first-order chi connectivity index (χ1) is 7.19. The Morgan fingerprint density at radius 2 is 1.75 bits per heavy atom. The molecule has 16 heavy (non-hydrogen) atoms. The number of rotatable bonds is 6. The second kappa shape index (κ2) is 6.18. The second-order valence-electron chi connectivity index (χ2n) is 4.92. The monoisotopic (exact) mass is 233 g/mol. The zero-order valence-corrected chi connectivity index (χ0v) is 10.8. The summed E-state index contributed by atoms with van der Waals surface area (Å²) in [5.74, 6) is -0.482. The summed E-state index contributed by atoms with van der Waals surface area (Å²) in [6.45, 7) is 8.47. The van der Waals surface area contributed by atoms with E-state index in [4.69, 9.17) is 15.2 Å². The normalized spacial score (nSPS) is 15.6. The third-order valence-electron chi connectivity index (χ3n) is 1.82. The number of hydrogen-bond donors (Lipinski definition) is 1. The third-order valence-corrected chi connectivity index (χ3v) is 1.82. The smallest absolute Gasteiger partial charge is 0.327 e. The van der Waals surface area contributed by atoms with Crippen molar-refractivity contribution in [3.63, 3.8) is 0 Å². The van der Waals surface area contributed by atoms with Gasteiger partial charge in [-0.3, -0.25) is 0 Å². The van der Waals surface area contributed by atoms with Gasteiger partial charge >= 0.3 is 5.97 Å². The van der Waals surface area contributed by atoms with E-state index in [1.165, 1.54) is 7.11 Å². The first-order valence-corrected chi connectivity index (χ1v) is 5.28. The van der Waals surface area contributed by atoms with Gasteiger partial charge in [0.2, 0.25) is 0 Å². The maximum atomic E-state index is 11.2. The van der Waals surface area contributed by atoms with E-state index in [0.29, 0.717) is 13.2 Å². The zero-order valence-electron chi connectivity index (χ0n) is 10.8. The average molecular weight is 233 g/mol. The number of carbonyl (C=O) groups is 1. The lowest BCUT2D eigenvalue weighted by Crippen LogP contribution is -2.50. The summed E-state index contributed by atoms with van der Waals surface area (Å²) in [4.78, 5) is 11.2. The van der Waals surface area contributed by atoms with E-state index in [-0.39, 0.29) is 12.2 Å². The molecule has 1 atom stereocenters. The van der Waals surface area contributed by atoms with Crippen LogP contribution in [0.4, 0.5) is 0 Å². The summed E-state index contributed by atoms with van der Waals surface area (Å²) in [5.41, 5.74) is 4.41. The van der Waals surface area contributed by atoms with Gasteiger partial charge in [-0.2, -0.15) is 0 Å². The van der Waals surface area contributed by atoms with Gasteiger partial charge in [0.1, 0.15) is 5.54 Å². The lowest BCUT2D eigenvalue weighted by Gasteiger charge is -2.22. The van der Waals surface area contributed by atoms with E-state index in [9.17, 15) is 4.79 Å². The van der Waals surface area contributed by atoms with Crippen LogP contribution in [0.5, 0.6) is 0 Å². The predicted octanol–water partition coefficient (Wildman–Crippen LogP) is 0.709. The van der Waals surface area contributed by atoms with Crippen LogP contribution in [-0.4, -0.2) is 44.0 Å². The largest absolute Gasteiger partial charge is 0.468 e. The fourth-order valence-electron chi connectivity index (χ4n) is 0.983. The van der Waals surface area contributed by atoms with Crippen LogP contribution in [0.25, 0.3) is 0 Å². The summed E-state index contributed by atoms with van der Waals surface area (Å²) in [5, 5.41) is 0. The Balaban J connectivity index is 3.70. The van der Waals surface area contributed by atoms with E-state index in [1.54, 1.807) is 6.92 Å². The Labute approximate surface area is 97.2 Å². The highest BCUT2D eigenvalue weighted by Gasteiger charge is 2.29. The van der Waals surface area contributed by atoms with Crippen LogP contribution >= 0.6 is 0 Å². The van der Waals surface area contributed by atoms with Crippen molar-refractivity contribution in [3.05, 3.63) is 0 Å². The maximum absolute atomic E-state index is 11.2. The number of ether oxygens (including phenoxy) is 3. The summed E-state index contributed by atoms with van der Waals surface area (Å²) >= 11 is 0. The molecule has 0 rings (SSSR count). The van der Waals surface area contributed by atoms with Crippen LogP contribution in [0, 0.1) is 0 Å². The van der Waals surface area contributed by atoms with Gasteiger partial charge in [-0.25, -0.2) is 4.79 Å². The molecule has 0 saturated carbocycles. The van der Waals surface area contributed by atoms with Crippen LogP contribution < -0.4 is 5.73 Å². The minimum atomic E-state index is -1.10. The van der Waals surface area contributed by atoms with Crippen LogP contribution in [0.3, 0.4) is 0 Å². The van der Waals surface area contributed by atoms with E-state index >= 15 is 0 Å². The van der Waals surface area contributed by atoms with Crippen LogP contribution in [0.1, 0.15) is 27.7 Å². The molecule has 0 aromatic carbocycles. The Morgan fingerprint density at radius 3 is 2.19 bits per heavy atom. The molecule has 0 aromatic heterocycles.